The fourth-order valence-corrected chi connectivity index (χ4v) is 1.75. The van der Waals surface area contributed by atoms with Crippen LogP contribution in [0.15, 0.2) is 12.1 Å². The second-order valence-corrected chi connectivity index (χ2v) is 5.57. The van der Waals surface area contributed by atoms with Crippen LogP contribution in [0.3, 0.4) is 0 Å². The number of amides is 1. The van der Waals surface area contributed by atoms with Gasteiger partial charge in [0.05, 0.1) is 0 Å². The highest BCUT2D eigenvalue weighted by atomic mass is 35.5. The highest BCUT2D eigenvalue weighted by molar-refractivity contribution is 6.29. The molecule has 0 aromatic carbocycles. The molecule has 0 aliphatic carbocycles. The molecule has 106 valence electrons. The molecule has 1 rings (SSSR count). The summed E-state index contributed by atoms with van der Waals surface area (Å²) < 4.78 is 0. The topological polar surface area (TPSA) is 62.2 Å². The molecule has 0 radical (unpaired) electrons. The molecule has 0 spiro atoms. The van der Waals surface area contributed by atoms with Gasteiger partial charge in [0.2, 0.25) is 0 Å². The summed E-state index contributed by atoms with van der Waals surface area (Å²) >= 11 is 5.93. The first kappa shape index (κ1) is 15.9. The Labute approximate surface area is 119 Å². The van der Waals surface area contributed by atoms with Gasteiger partial charge in [-0.05, 0) is 30.9 Å². The summed E-state index contributed by atoms with van der Waals surface area (Å²) in [5.41, 5.74) is 1.29. The number of aromatic nitrogens is 1. The molecule has 2 atom stereocenters. The molecule has 2 N–H and O–H groups in total. The van der Waals surface area contributed by atoms with E-state index < -0.39 is 0 Å². The lowest BCUT2D eigenvalue weighted by Crippen LogP contribution is -2.38. The molecule has 4 nitrogen and oxygen atoms in total. The van der Waals surface area contributed by atoms with Crippen LogP contribution in [-0.2, 0) is 0 Å². The Kier molecular flexibility index (Phi) is 5.76. The Hall–Kier alpha value is -1.13. The van der Waals surface area contributed by atoms with Crippen molar-refractivity contribution in [3.05, 3.63) is 28.5 Å². The van der Waals surface area contributed by atoms with E-state index in [0.29, 0.717) is 10.7 Å². The van der Waals surface area contributed by atoms with Gasteiger partial charge >= 0.3 is 0 Å². The predicted molar refractivity (Wildman–Crippen MR) is 76.5 cm³/mol. The Balaban J connectivity index is 2.88. The van der Waals surface area contributed by atoms with Crippen LogP contribution in [0.2, 0.25) is 5.15 Å². The standard InChI is InChI=1S/C14H21ClN2O2/c1-8(2)12-5-11(6-13(15)17-12)14(19)16-10(4)9(3)7-18/h5-6,8-10,18H,7H2,1-4H3,(H,16,19). The van der Waals surface area contributed by atoms with E-state index >= 15 is 0 Å². The van der Waals surface area contributed by atoms with Crippen LogP contribution in [0.1, 0.15) is 49.7 Å². The minimum absolute atomic E-state index is 0.00540. The molecule has 1 amide bonds. The monoisotopic (exact) mass is 284 g/mol. The maximum absolute atomic E-state index is 12.1. The Morgan fingerprint density at radius 3 is 2.53 bits per heavy atom. The van der Waals surface area contributed by atoms with Crippen molar-refractivity contribution in [1.82, 2.24) is 10.3 Å². The summed E-state index contributed by atoms with van der Waals surface area (Å²) in [6.45, 7) is 7.78. The summed E-state index contributed by atoms with van der Waals surface area (Å²) in [4.78, 5) is 16.3. The molecule has 1 aromatic heterocycles. The molecule has 0 bridgehead atoms. The quantitative estimate of drug-likeness (QED) is 0.817. The summed E-state index contributed by atoms with van der Waals surface area (Å²) in [5.74, 6) is 0.0175. The predicted octanol–water partition coefficient (Wildman–Crippen LogP) is 2.61. The maximum Gasteiger partial charge on any atom is 0.251 e. The SMILES string of the molecule is CC(C)c1cc(C(=O)NC(C)C(C)CO)cc(Cl)n1. The summed E-state index contributed by atoms with van der Waals surface area (Å²) in [5, 5.41) is 12.2. The second-order valence-electron chi connectivity index (χ2n) is 5.18. The number of aliphatic hydroxyl groups is 1. The Bertz CT molecular complexity index is 449. The molecule has 2 unspecified atom stereocenters. The zero-order chi connectivity index (χ0) is 14.6. The van der Waals surface area contributed by atoms with Gasteiger partial charge in [-0.25, -0.2) is 4.98 Å². The number of hydrogen-bond donors (Lipinski definition) is 2. The van der Waals surface area contributed by atoms with Crippen molar-refractivity contribution in [2.45, 2.75) is 39.7 Å². The van der Waals surface area contributed by atoms with E-state index in [1.54, 1.807) is 12.1 Å². The third-order valence-corrected chi connectivity index (χ3v) is 3.36. The summed E-state index contributed by atoms with van der Waals surface area (Å²) in [7, 11) is 0. The molecule has 0 aliphatic rings. The summed E-state index contributed by atoms with van der Waals surface area (Å²) in [6.07, 6.45) is 0. The largest absolute Gasteiger partial charge is 0.396 e. The second kappa shape index (κ2) is 6.87. The highest BCUT2D eigenvalue weighted by Crippen LogP contribution is 2.18. The number of rotatable bonds is 5. The number of halogens is 1. The molecule has 1 aromatic rings. The first-order valence-corrected chi connectivity index (χ1v) is 6.82. The molecule has 0 fully saturated rings. The zero-order valence-electron chi connectivity index (χ0n) is 11.8. The van der Waals surface area contributed by atoms with Crippen LogP contribution in [0.25, 0.3) is 0 Å². The van der Waals surface area contributed by atoms with Gasteiger partial charge in [0, 0.05) is 23.9 Å². The smallest absolute Gasteiger partial charge is 0.251 e. The minimum Gasteiger partial charge on any atom is -0.396 e. The van der Waals surface area contributed by atoms with Crippen molar-refractivity contribution < 1.29 is 9.90 Å². The molecular weight excluding hydrogens is 264 g/mol. The van der Waals surface area contributed by atoms with E-state index in [1.807, 2.05) is 27.7 Å². The van der Waals surface area contributed by atoms with Crippen LogP contribution < -0.4 is 5.32 Å². The van der Waals surface area contributed by atoms with Crippen molar-refractivity contribution >= 4 is 17.5 Å². The van der Waals surface area contributed by atoms with Crippen LogP contribution >= 0.6 is 11.6 Å². The van der Waals surface area contributed by atoms with Gasteiger partial charge in [0.1, 0.15) is 5.15 Å². The van der Waals surface area contributed by atoms with E-state index in [2.05, 4.69) is 10.3 Å². The normalized spacial score (nSPS) is 14.3. The van der Waals surface area contributed by atoms with Crippen LogP contribution in [0, 0.1) is 5.92 Å². The summed E-state index contributed by atoms with van der Waals surface area (Å²) in [6, 6.07) is 3.20. The zero-order valence-corrected chi connectivity index (χ0v) is 12.5. The number of carbonyl (C=O) groups is 1. The van der Waals surface area contributed by atoms with E-state index in [9.17, 15) is 4.79 Å². The van der Waals surface area contributed by atoms with Gasteiger partial charge in [0.15, 0.2) is 0 Å². The lowest BCUT2D eigenvalue weighted by molar-refractivity contribution is 0.0916. The number of aliphatic hydroxyl groups excluding tert-OH is 1. The average molecular weight is 285 g/mol. The van der Waals surface area contributed by atoms with Crippen LogP contribution in [0.5, 0.6) is 0 Å². The number of carbonyl (C=O) groups excluding carboxylic acids is 1. The lowest BCUT2D eigenvalue weighted by atomic mass is 10.0. The van der Waals surface area contributed by atoms with Gasteiger partial charge in [-0.1, -0.05) is 32.4 Å². The third-order valence-electron chi connectivity index (χ3n) is 3.17. The molecule has 1 heterocycles. The van der Waals surface area contributed by atoms with Crippen molar-refractivity contribution in [2.75, 3.05) is 6.61 Å². The fourth-order valence-electron chi connectivity index (χ4n) is 1.53. The Morgan fingerprint density at radius 2 is 2.00 bits per heavy atom. The highest BCUT2D eigenvalue weighted by Gasteiger charge is 2.16. The molecular formula is C14H21ClN2O2. The molecule has 0 saturated carbocycles. The number of hydrogen-bond acceptors (Lipinski definition) is 3. The number of nitrogens with one attached hydrogen (secondary N) is 1. The van der Waals surface area contributed by atoms with Crippen molar-refractivity contribution in [3.63, 3.8) is 0 Å². The van der Waals surface area contributed by atoms with Crippen LogP contribution in [0.4, 0.5) is 0 Å². The van der Waals surface area contributed by atoms with Crippen molar-refractivity contribution in [2.24, 2.45) is 5.92 Å². The lowest BCUT2D eigenvalue weighted by Gasteiger charge is -2.19. The molecule has 0 saturated heterocycles. The molecule has 5 heteroatoms. The molecule has 19 heavy (non-hydrogen) atoms. The van der Waals surface area contributed by atoms with E-state index in [-0.39, 0.29) is 30.4 Å². The third kappa shape index (κ3) is 4.48. The first-order chi connectivity index (χ1) is 8.85. The minimum atomic E-state index is -0.195. The average Bonchev–Trinajstić information content (AvgIpc) is 2.36. The molecule has 0 aliphatic heterocycles. The first-order valence-electron chi connectivity index (χ1n) is 6.44. The van der Waals surface area contributed by atoms with E-state index in [0.717, 1.165) is 5.69 Å². The van der Waals surface area contributed by atoms with E-state index in [1.165, 1.54) is 0 Å². The van der Waals surface area contributed by atoms with Gasteiger partial charge < -0.3 is 10.4 Å². The van der Waals surface area contributed by atoms with Crippen molar-refractivity contribution in [3.8, 4) is 0 Å². The Morgan fingerprint density at radius 1 is 1.37 bits per heavy atom. The van der Waals surface area contributed by atoms with Crippen molar-refractivity contribution in [1.29, 1.82) is 0 Å². The fraction of sp³-hybridized carbons (Fsp3) is 0.571. The number of nitrogens with zero attached hydrogens (tertiary/aromatic N) is 1. The van der Waals surface area contributed by atoms with Gasteiger partial charge in [-0.2, -0.15) is 0 Å². The van der Waals surface area contributed by atoms with Crippen LogP contribution in [-0.4, -0.2) is 28.6 Å². The number of pyridine rings is 1. The maximum atomic E-state index is 12.1. The van der Waals surface area contributed by atoms with E-state index in [4.69, 9.17) is 16.7 Å². The van der Waals surface area contributed by atoms with Gasteiger partial charge in [-0.3, -0.25) is 4.79 Å². The van der Waals surface area contributed by atoms with Gasteiger partial charge in [-0.15, -0.1) is 0 Å². The van der Waals surface area contributed by atoms with Gasteiger partial charge in [0.25, 0.3) is 5.91 Å².